The number of amides is 2. The third kappa shape index (κ3) is 4.15. The zero-order valence-corrected chi connectivity index (χ0v) is 12.9. The van der Waals surface area contributed by atoms with Gasteiger partial charge < -0.3 is 20.1 Å². The molecule has 2 N–H and O–H groups in total. The number of hydrogen-bond donors (Lipinski definition) is 2. The normalized spacial score (nSPS) is 20.1. The number of nitrogens with zero attached hydrogens (tertiary/aromatic N) is 2. The van der Waals surface area contributed by atoms with Crippen molar-refractivity contribution < 1.29 is 19.4 Å². The minimum Gasteiger partial charge on any atom is -0.481 e. The van der Waals surface area contributed by atoms with Crippen LogP contribution in [0.3, 0.4) is 0 Å². The van der Waals surface area contributed by atoms with Gasteiger partial charge in [0.25, 0.3) is 0 Å². The second-order valence-electron chi connectivity index (χ2n) is 5.02. The van der Waals surface area contributed by atoms with Gasteiger partial charge in [-0.15, -0.1) is 11.3 Å². The Balaban J connectivity index is 1.98. The van der Waals surface area contributed by atoms with Crippen LogP contribution in [0.4, 0.5) is 4.79 Å². The Bertz CT molecular complexity index is 519. The first-order valence-corrected chi connectivity index (χ1v) is 7.64. The predicted molar refractivity (Wildman–Crippen MR) is 77.4 cm³/mol. The van der Waals surface area contributed by atoms with E-state index in [0.717, 1.165) is 10.7 Å². The van der Waals surface area contributed by atoms with Crippen molar-refractivity contribution in [1.29, 1.82) is 0 Å². The standard InChI is InChI=1S/C13H19N3O4S/c1-8-7-21-12(14-8)9(2)15-13(19)16-3-4-20-6-10(16)5-11(17)18/h7,9-10H,3-6H2,1-2H3,(H,15,19)(H,17,18). The van der Waals surface area contributed by atoms with Crippen LogP contribution in [0, 0.1) is 6.92 Å². The minimum atomic E-state index is -0.938. The molecule has 2 heterocycles. The SMILES string of the molecule is Cc1csc(C(C)NC(=O)N2CCOCC2CC(=O)O)n1. The number of urea groups is 1. The van der Waals surface area contributed by atoms with Gasteiger partial charge in [-0.3, -0.25) is 4.79 Å². The van der Waals surface area contributed by atoms with Gasteiger partial charge in [-0.1, -0.05) is 0 Å². The van der Waals surface area contributed by atoms with Gasteiger partial charge in [-0.25, -0.2) is 9.78 Å². The van der Waals surface area contributed by atoms with E-state index in [1.54, 1.807) is 0 Å². The lowest BCUT2D eigenvalue weighted by atomic mass is 10.1. The molecule has 2 unspecified atom stereocenters. The van der Waals surface area contributed by atoms with Gasteiger partial charge in [0.2, 0.25) is 0 Å². The van der Waals surface area contributed by atoms with Gasteiger partial charge in [0.1, 0.15) is 5.01 Å². The van der Waals surface area contributed by atoms with Crippen LogP contribution < -0.4 is 5.32 Å². The van der Waals surface area contributed by atoms with Gasteiger partial charge in [0, 0.05) is 17.6 Å². The highest BCUT2D eigenvalue weighted by Gasteiger charge is 2.30. The number of carbonyl (C=O) groups excluding carboxylic acids is 1. The zero-order chi connectivity index (χ0) is 15.4. The summed E-state index contributed by atoms with van der Waals surface area (Å²) in [6, 6.07) is -0.907. The lowest BCUT2D eigenvalue weighted by Crippen LogP contribution is -2.53. The van der Waals surface area contributed by atoms with E-state index in [1.807, 2.05) is 19.2 Å². The molecular weight excluding hydrogens is 294 g/mol. The molecule has 8 heteroatoms. The fraction of sp³-hybridized carbons (Fsp3) is 0.615. The highest BCUT2D eigenvalue weighted by atomic mass is 32.1. The second-order valence-corrected chi connectivity index (χ2v) is 5.91. The first-order chi connectivity index (χ1) is 9.97. The van der Waals surface area contributed by atoms with Crippen molar-refractivity contribution in [2.75, 3.05) is 19.8 Å². The minimum absolute atomic E-state index is 0.113. The molecule has 1 aliphatic rings. The first-order valence-electron chi connectivity index (χ1n) is 6.76. The Hall–Kier alpha value is -1.67. The highest BCUT2D eigenvalue weighted by Crippen LogP contribution is 2.19. The summed E-state index contributed by atoms with van der Waals surface area (Å²) < 4.78 is 5.26. The summed E-state index contributed by atoms with van der Waals surface area (Å²) in [4.78, 5) is 29.1. The third-order valence-electron chi connectivity index (χ3n) is 3.25. The van der Waals surface area contributed by atoms with E-state index in [4.69, 9.17) is 9.84 Å². The van der Waals surface area contributed by atoms with E-state index < -0.39 is 12.0 Å². The predicted octanol–water partition coefficient (Wildman–Crippen LogP) is 1.40. The van der Waals surface area contributed by atoms with Crippen molar-refractivity contribution in [1.82, 2.24) is 15.2 Å². The fourth-order valence-electron chi connectivity index (χ4n) is 2.19. The number of nitrogens with one attached hydrogen (secondary N) is 1. The van der Waals surface area contributed by atoms with Gasteiger partial charge in [-0.2, -0.15) is 0 Å². The molecule has 1 fully saturated rings. The van der Waals surface area contributed by atoms with E-state index >= 15 is 0 Å². The molecule has 1 aromatic heterocycles. The Labute approximate surface area is 126 Å². The summed E-state index contributed by atoms with van der Waals surface area (Å²) in [6.45, 7) is 4.84. The molecule has 1 saturated heterocycles. The van der Waals surface area contributed by atoms with Crippen molar-refractivity contribution >= 4 is 23.3 Å². The van der Waals surface area contributed by atoms with Crippen LogP contribution in [0.2, 0.25) is 0 Å². The van der Waals surface area contributed by atoms with Crippen LogP contribution in [0.25, 0.3) is 0 Å². The average molecular weight is 313 g/mol. The van der Waals surface area contributed by atoms with Crippen molar-refractivity contribution in [2.24, 2.45) is 0 Å². The molecule has 1 aromatic rings. The maximum Gasteiger partial charge on any atom is 0.318 e. The first kappa shape index (κ1) is 15.7. The number of morpholine rings is 1. The number of carboxylic acids is 1. The number of ether oxygens (including phenoxy) is 1. The zero-order valence-electron chi connectivity index (χ0n) is 12.0. The summed E-state index contributed by atoms with van der Waals surface area (Å²) in [5.41, 5.74) is 0.922. The maximum absolute atomic E-state index is 12.3. The van der Waals surface area contributed by atoms with Crippen LogP contribution in [-0.4, -0.2) is 52.8 Å². The molecule has 0 saturated carbocycles. The summed E-state index contributed by atoms with van der Waals surface area (Å²) in [7, 11) is 0. The van der Waals surface area contributed by atoms with E-state index in [-0.39, 0.29) is 25.1 Å². The summed E-state index contributed by atoms with van der Waals surface area (Å²) in [5.74, 6) is -0.938. The summed E-state index contributed by atoms with van der Waals surface area (Å²) >= 11 is 1.49. The molecule has 2 atom stereocenters. The highest BCUT2D eigenvalue weighted by molar-refractivity contribution is 7.09. The van der Waals surface area contributed by atoms with Crippen LogP contribution in [-0.2, 0) is 9.53 Å². The molecule has 0 aromatic carbocycles. The van der Waals surface area contributed by atoms with Crippen molar-refractivity contribution in [2.45, 2.75) is 32.4 Å². The molecule has 7 nitrogen and oxygen atoms in total. The second kappa shape index (κ2) is 6.86. The largest absolute Gasteiger partial charge is 0.481 e. The number of aliphatic carboxylic acids is 1. The van der Waals surface area contributed by atoms with Crippen molar-refractivity contribution in [3.63, 3.8) is 0 Å². The molecule has 0 spiro atoms. The van der Waals surface area contributed by atoms with E-state index in [2.05, 4.69) is 10.3 Å². The van der Waals surface area contributed by atoms with Crippen LogP contribution in [0.1, 0.15) is 30.1 Å². The Kier molecular flexibility index (Phi) is 5.13. The lowest BCUT2D eigenvalue weighted by Gasteiger charge is -2.35. The Morgan fingerprint density at radius 3 is 3.05 bits per heavy atom. The Morgan fingerprint density at radius 1 is 1.67 bits per heavy atom. The molecule has 0 radical (unpaired) electrons. The van der Waals surface area contributed by atoms with Crippen LogP contribution in [0.5, 0.6) is 0 Å². The molecule has 0 aliphatic carbocycles. The average Bonchev–Trinajstić information content (AvgIpc) is 2.85. The molecule has 116 valence electrons. The van der Waals surface area contributed by atoms with Gasteiger partial charge in [-0.05, 0) is 13.8 Å². The van der Waals surface area contributed by atoms with Gasteiger partial charge >= 0.3 is 12.0 Å². The number of carbonyl (C=O) groups is 2. The van der Waals surface area contributed by atoms with Gasteiger partial charge in [0.15, 0.2) is 0 Å². The van der Waals surface area contributed by atoms with E-state index in [9.17, 15) is 9.59 Å². The van der Waals surface area contributed by atoms with E-state index in [1.165, 1.54) is 16.2 Å². The number of carboxylic acid groups (broad SMARTS) is 1. The van der Waals surface area contributed by atoms with E-state index in [0.29, 0.717) is 13.2 Å². The van der Waals surface area contributed by atoms with Crippen LogP contribution >= 0.6 is 11.3 Å². The third-order valence-corrected chi connectivity index (χ3v) is 4.39. The van der Waals surface area contributed by atoms with Crippen LogP contribution in [0.15, 0.2) is 5.38 Å². The van der Waals surface area contributed by atoms with Gasteiger partial charge in [0.05, 0.1) is 31.7 Å². The number of hydrogen-bond acceptors (Lipinski definition) is 5. The topological polar surface area (TPSA) is 91.8 Å². The lowest BCUT2D eigenvalue weighted by molar-refractivity contribution is -0.139. The quantitative estimate of drug-likeness (QED) is 0.876. The van der Waals surface area contributed by atoms with Crippen molar-refractivity contribution in [3.8, 4) is 0 Å². The fourth-order valence-corrected chi connectivity index (χ4v) is 3.00. The summed E-state index contributed by atoms with van der Waals surface area (Å²) in [6.07, 6.45) is -0.113. The molecule has 2 rings (SSSR count). The van der Waals surface area contributed by atoms with Crippen molar-refractivity contribution in [3.05, 3.63) is 16.1 Å². The maximum atomic E-state index is 12.3. The molecule has 21 heavy (non-hydrogen) atoms. The monoisotopic (exact) mass is 313 g/mol. The molecule has 2 amide bonds. The molecular formula is C13H19N3O4S. The number of aromatic nitrogens is 1. The Morgan fingerprint density at radius 2 is 2.43 bits per heavy atom. The molecule has 0 bridgehead atoms. The number of thiazole rings is 1. The smallest absolute Gasteiger partial charge is 0.318 e. The number of aryl methyl sites for hydroxylation is 1. The molecule has 1 aliphatic heterocycles. The summed E-state index contributed by atoms with van der Waals surface area (Å²) in [5, 5.41) is 14.5. The number of rotatable bonds is 4.